The summed E-state index contributed by atoms with van der Waals surface area (Å²) in [6, 6.07) is 15.5. The molecule has 27 heavy (non-hydrogen) atoms. The van der Waals surface area contributed by atoms with Crippen LogP contribution in [0.3, 0.4) is 0 Å². The molecule has 6 nitrogen and oxygen atoms in total. The Morgan fingerprint density at radius 2 is 1.74 bits per heavy atom. The number of carbonyl (C=O) groups is 1. The molecule has 2 rings (SSSR count). The molecule has 0 atom stereocenters. The van der Waals surface area contributed by atoms with Gasteiger partial charge in [0.1, 0.15) is 5.75 Å². The molecule has 0 saturated heterocycles. The van der Waals surface area contributed by atoms with Gasteiger partial charge in [-0.2, -0.15) is 8.78 Å². The van der Waals surface area contributed by atoms with Crippen molar-refractivity contribution in [3.63, 3.8) is 0 Å². The van der Waals surface area contributed by atoms with Crippen LogP contribution in [0.15, 0.2) is 59.6 Å². The summed E-state index contributed by atoms with van der Waals surface area (Å²) in [7, 11) is 1.55. The molecule has 0 aliphatic carbocycles. The second-order valence-electron chi connectivity index (χ2n) is 5.18. The van der Waals surface area contributed by atoms with Crippen LogP contribution in [0.4, 0.5) is 14.5 Å². The van der Waals surface area contributed by atoms with E-state index in [1.54, 1.807) is 37.4 Å². The highest BCUT2D eigenvalue weighted by Crippen LogP contribution is 2.19. The number of guanidine groups is 1. The molecule has 0 spiro atoms. The first kappa shape index (κ1) is 22.6. The summed E-state index contributed by atoms with van der Waals surface area (Å²) in [4.78, 5) is 15.9. The van der Waals surface area contributed by atoms with Gasteiger partial charge in [-0.25, -0.2) is 0 Å². The Morgan fingerprint density at radius 3 is 2.41 bits per heavy atom. The summed E-state index contributed by atoms with van der Waals surface area (Å²) in [5.74, 6) is 0.216. The minimum atomic E-state index is -2.89. The number of anilines is 1. The third-order valence-corrected chi connectivity index (χ3v) is 3.33. The predicted octanol–water partition coefficient (Wildman–Crippen LogP) is 3.21. The largest absolute Gasteiger partial charge is 0.434 e. The third kappa shape index (κ3) is 8.20. The van der Waals surface area contributed by atoms with Crippen molar-refractivity contribution in [3.05, 3.63) is 60.2 Å². The van der Waals surface area contributed by atoms with Gasteiger partial charge in [-0.05, 0) is 18.2 Å². The monoisotopic (exact) mass is 490 g/mol. The number of benzene rings is 2. The van der Waals surface area contributed by atoms with Gasteiger partial charge in [0.2, 0.25) is 5.91 Å². The first-order chi connectivity index (χ1) is 12.6. The zero-order chi connectivity index (χ0) is 18.8. The van der Waals surface area contributed by atoms with Crippen molar-refractivity contribution in [2.45, 2.75) is 13.2 Å². The fourth-order valence-electron chi connectivity index (χ4n) is 2.15. The number of aliphatic imine (C=N–C) groups is 1. The number of para-hydroxylation sites is 2. The molecule has 0 fully saturated rings. The minimum Gasteiger partial charge on any atom is -0.434 e. The van der Waals surface area contributed by atoms with Gasteiger partial charge in [0.15, 0.2) is 5.96 Å². The molecule has 0 aliphatic heterocycles. The second-order valence-corrected chi connectivity index (χ2v) is 5.18. The van der Waals surface area contributed by atoms with Gasteiger partial charge in [0.05, 0.1) is 6.54 Å². The van der Waals surface area contributed by atoms with Gasteiger partial charge in [-0.15, -0.1) is 24.0 Å². The highest BCUT2D eigenvalue weighted by atomic mass is 127. The van der Waals surface area contributed by atoms with Crippen molar-refractivity contribution in [3.8, 4) is 5.75 Å². The molecule has 0 saturated carbocycles. The summed E-state index contributed by atoms with van der Waals surface area (Å²) in [5, 5.41) is 8.55. The van der Waals surface area contributed by atoms with Crippen molar-refractivity contribution in [1.29, 1.82) is 0 Å². The van der Waals surface area contributed by atoms with Crippen molar-refractivity contribution in [1.82, 2.24) is 10.6 Å². The quantitative estimate of drug-likeness (QED) is 0.317. The van der Waals surface area contributed by atoms with Crippen LogP contribution < -0.4 is 20.7 Å². The molecule has 2 aromatic rings. The molecule has 3 N–H and O–H groups in total. The molecule has 0 unspecified atom stereocenters. The van der Waals surface area contributed by atoms with Gasteiger partial charge >= 0.3 is 6.61 Å². The number of alkyl halides is 2. The summed E-state index contributed by atoms with van der Waals surface area (Å²) >= 11 is 0. The smallest absolute Gasteiger partial charge is 0.387 e. The van der Waals surface area contributed by atoms with Crippen LogP contribution in [-0.4, -0.2) is 32.1 Å². The molecular formula is C18H21F2IN4O2. The Balaban J connectivity index is 0.00000364. The lowest BCUT2D eigenvalue weighted by atomic mass is 10.2. The number of ether oxygens (including phenoxy) is 1. The average Bonchev–Trinajstić information content (AvgIpc) is 2.63. The first-order valence-corrected chi connectivity index (χ1v) is 7.90. The maximum atomic E-state index is 12.4. The number of hydrogen-bond donors (Lipinski definition) is 3. The summed E-state index contributed by atoms with van der Waals surface area (Å²) in [6.07, 6.45) is 0. The van der Waals surface area contributed by atoms with Crippen molar-refractivity contribution in [2.24, 2.45) is 4.99 Å². The van der Waals surface area contributed by atoms with E-state index in [4.69, 9.17) is 0 Å². The van der Waals surface area contributed by atoms with E-state index in [0.717, 1.165) is 0 Å². The topological polar surface area (TPSA) is 74.8 Å². The minimum absolute atomic E-state index is 0. The molecule has 0 aromatic heterocycles. The molecular weight excluding hydrogens is 469 g/mol. The number of halogens is 3. The Labute approximate surface area is 173 Å². The van der Waals surface area contributed by atoms with Crippen molar-refractivity contribution < 1.29 is 18.3 Å². The van der Waals surface area contributed by atoms with Gasteiger partial charge in [-0.1, -0.05) is 36.4 Å². The van der Waals surface area contributed by atoms with Gasteiger partial charge in [0.25, 0.3) is 0 Å². The van der Waals surface area contributed by atoms with Crippen molar-refractivity contribution >= 4 is 41.5 Å². The van der Waals surface area contributed by atoms with Crippen LogP contribution in [0.25, 0.3) is 0 Å². The number of carbonyl (C=O) groups excluding carboxylic acids is 1. The van der Waals surface area contributed by atoms with Gasteiger partial charge in [0, 0.05) is 24.8 Å². The van der Waals surface area contributed by atoms with E-state index in [9.17, 15) is 13.6 Å². The lowest BCUT2D eigenvalue weighted by Crippen LogP contribution is -2.41. The Bertz CT molecular complexity index is 745. The molecule has 0 bridgehead atoms. The molecule has 2 aromatic carbocycles. The van der Waals surface area contributed by atoms with Crippen LogP contribution in [0.1, 0.15) is 5.56 Å². The summed E-state index contributed by atoms with van der Waals surface area (Å²) in [5.41, 5.74) is 1.24. The SMILES string of the molecule is CN=C(NCC(=O)Nc1ccccc1)NCc1ccccc1OC(F)F.I. The van der Waals surface area contributed by atoms with Crippen LogP contribution in [0.5, 0.6) is 5.75 Å². The van der Waals surface area contributed by atoms with E-state index in [1.807, 2.05) is 18.2 Å². The first-order valence-electron chi connectivity index (χ1n) is 7.90. The normalized spacial score (nSPS) is 10.7. The molecule has 146 valence electrons. The molecule has 9 heteroatoms. The van der Waals surface area contributed by atoms with Gasteiger partial charge < -0.3 is 20.7 Å². The summed E-state index contributed by atoms with van der Waals surface area (Å²) < 4.78 is 29.3. The van der Waals surface area contributed by atoms with E-state index >= 15 is 0 Å². The second kappa shape index (κ2) is 12.0. The van der Waals surface area contributed by atoms with E-state index in [2.05, 4.69) is 25.7 Å². The molecule has 1 amide bonds. The van der Waals surface area contributed by atoms with Crippen LogP contribution in [-0.2, 0) is 11.3 Å². The van der Waals surface area contributed by atoms with E-state index in [-0.39, 0.29) is 48.7 Å². The van der Waals surface area contributed by atoms with Gasteiger partial charge in [-0.3, -0.25) is 9.79 Å². The number of nitrogens with zero attached hydrogens (tertiary/aromatic N) is 1. The highest BCUT2D eigenvalue weighted by molar-refractivity contribution is 14.0. The van der Waals surface area contributed by atoms with Crippen LogP contribution in [0.2, 0.25) is 0 Å². The van der Waals surface area contributed by atoms with E-state index < -0.39 is 6.61 Å². The average molecular weight is 490 g/mol. The maximum absolute atomic E-state index is 12.4. The Morgan fingerprint density at radius 1 is 1.07 bits per heavy atom. The predicted molar refractivity (Wildman–Crippen MR) is 112 cm³/mol. The van der Waals surface area contributed by atoms with E-state index in [0.29, 0.717) is 17.2 Å². The van der Waals surface area contributed by atoms with E-state index in [1.165, 1.54) is 6.07 Å². The fraction of sp³-hybridized carbons (Fsp3) is 0.222. The number of nitrogens with one attached hydrogen (secondary N) is 3. The van der Waals surface area contributed by atoms with Crippen molar-refractivity contribution in [2.75, 3.05) is 18.9 Å². The molecule has 0 radical (unpaired) electrons. The molecule has 0 aliphatic rings. The molecule has 0 heterocycles. The number of amides is 1. The van der Waals surface area contributed by atoms with Crippen LogP contribution >= 0.6 is 24.0 Å². The fourth-order valence-corrected chi connectivity index (χ4v) is 2.15. The zero-order valence-electron chi connectivity index (χ0n) is 14.6. The number of hydrogen-bond acceptors (Lipinski definition) is 3. The lowest BCUT2D eigenvalue weighted by Gasteiger charge is -2.14. The highest BCUT2D eigenvalue weighted by Gasteiger charge is 2.10. The lowest BCUT2D eigenvalue weighted by molar-refractivity contribution is -0.115. The maximum Gasteiger partial charge on any atom is 0.387 e. The Hall–Kier alpha value is -2.43. The van der Waals surface area contributed by atoms with Crippen LogP contribution in [0, 0.1) is 0 Å². The summed E-state index contributed by atoms with van der Waals surface area (Å²) in [6.45, 7) is -2.68. The Kier molecular flexibility index (Phi) is 10.1. The standard InChI is InChI=1S/C18H20F2N4O2.HI/c1-21-18(23-12-16(25)24-14-8-3-2-4-9-14)22-11-13-7-5-6-10-15(13)26-17(19)20;/h2-10,17H,11-12H2,1H3,(H,24,25)(H2,21,22,23);1H. The number of rotatable bonds is 7. The zero-order valence-corrected chi connectivity index (χ0v) is 16.9. The third-order valence-electron chi connectivity index (χ3n) is 3.33.